The largest absolute Gasteiger partial charge is 0.479 e. The molecule has 1 amide bonds. The number of aliphatic carboxylic acids is 1. The summed E-state index contributed by atoms with van der Waals surface area (Å²) in [7, 11) is 0. The summed E-state index contributed by atoms with van der Waals surface area (Å²) >= 11 is 2.21. The number of nitrogens with zero attached hydrogens (tertiary/aromatic N) is 1. The van der Waals surface area contributed by atoms with E-state index in [0.717, 1.165) is 30.4 Å². The third-order valence-corrected chi connectivity index (χ3v) is 6.86. The molecule has 0 aromatic heterocycles. The molecule has 0 unspecified atom stereocenters. The fourth-order valence-corrected chi connectivity index (χ4v) is 4.93. The molecule has 158 valence electrons. The van der Waals surface area contributed by atoms with Gasteiger partial charge in [0.1, 0.15) is 0 Å². The lowest BCUT2D eigenvalue weighted by atomic mass is 9.87. The number of carboxylic acids is 1. The molecule has 6 nitrogen and oxygen atoms in total. The Morgan fingerprint density at radius 3 is 2.42 bits per heavy atom. The lowest BCUT2D eigenvalue weighted by molar-refractivity contribution is -0.148. The fourth-order valence-electron chi connectivity index (χ4n) is 4.28. The van der Waals surface area contributed by atoms with Gasteiger partial charge in [-0.05, 0) is 75.5 Å². The average Bonchev–Trinajstić information content (AvgIpc) is 3.19. The minimum Gasteiger partial charge on any atom is -0.479 e. The molecule has 0 aliphatic carbocycles. The molecule has 1 atom stereocenters. The van der Waals surface area contributed by atoms with E-state index >= 15 is 0 Å². The summed E-state index contributed by atoms with van der Waals surface area (Å²) in [5.74, 6) is -1.66. The summed E-state index contributed by atoms with van der Waals surface area (Å²) in [5.41, 5.74) is 0.498. The van der Waals surface area contributed by atoms with E-state index in [1.54, 1.807) is 12.1 Å². The van der Waals surface area contributed by atoms with Crippen LogP contribution < -0.4 is 0 Å². The highest BCUT2D eigenvalue weighted by Gasteiger charge is 2.51. The molecule has 7 heteroatoms. The molecule has 1 fully saturated rings. The molecule has 1 aliphatic rings. The van der Waals surface area contributed by atoms with Crippen LogP contribution in [0.1, 0.15) is 29.6 Å². The topological polar surface area (TPSA) is 94.9 Å². The van der Waals surface area contributed by atoms with Crippen LogP contribution in [0.25, 0.3) is 21.9 Å². The summed E-state index contributed by atoms with van der Waals surface area (Å²) in [6.45, 7) is 0.115. The summed E-state index contributed by atoms with van der Waals surface area (Å²) in [6.07, 6.45) is -1.15. The van der Waals surface area contributed by atoms with Crippen LogP contribution in [0.4, 0.5) is 4.79 Å². The van der Waals surface area contributed by atoms with E-state index in [0.29, 0.717) is 12.0 Å². The number of likely N-dealkylation sites (tertiary alicyclic amines) is 1. The van der Waals surface area contributed by atoms with Gasteiger partial charge in [-0.2, -0.15) is 0 Å². The summed E-state index contributed by atoms with van der Waals surface area (Å²) in [5, 5.41) is 21.4. The first-order valence-electron chi connectivity index (χ1n) is 9.88. The Bertz CT molecular complexity index is 1210. The molecule has 0 radical (unpaired) electrons. The zero-order valence-corrected chi connectivity index (χ0v) is 18.7. The number of halogens is 1. The van der Waals surface area contributed by atoms with E-state index in [-0.39, 0.29) is 25.2 Å². The van der Waals surface area contributed by atoms with Gasteiger partial charge >= 0.3 is 12.1 Å². The first-order valence-corrected chi connectivity index (χ1v) is 11.0. The second kappa shape index (κ2) is 8.30. The SMILES string of the molecule is O=C(C[C@]1(C(=O)O)CCCN1C(=O)O)c1ccc(I)c(-c2ccc3ccccc3c2)c1. The van der Waals surface area contributed by atoms with Crippen molar-refractivity contribution in [1.29, 1.82) is 0 Å². The molecule has 1 saturated heterocycles. The molecular formula is C24H20INO5. The van der Waals surface area contributed by atoms with Crippen LogP contribution in [0, 0.1) is 3.57 Å². The summed E-state index contributed by atoms with van der Waals surface area (Å²) in [6, 6.07) is 19.4. The molecule has 1 aliphatic heterocycles. The molecule has 2 N–H and O–H groups in total. The maximum absolute atomic E-state index is 13.1. The number of Topliss-reactive ketones (excluding diaryl/α,β-unsaturated/α-hetero) is 1. The van der Waals surface area contributed by atoms with Crippen molar-refractivity contribution in [2.24, 2.45) is 0 Å². The van der Waals surface area contributed by atoms with Gasteiger partial charge in [-0.3, -0.25) is 9.69 Å². The highest BCUT2D eigenvalue weighted by atomic mass is 127. The molecule has 0 spiro atoms. The highest BCUT2D eigenvalue weighted by molar-refractivity contribution is 14.1. The quantitative estimate of drug-likeness (QED) is 0.347. The number of hydrogen-bond acceptors (Lipinski definition) is 3. The molecule has 3 aromatic carbocycles. The minimum absolute atomic E-state index is 0.115. The Balaban J connectivity index is 1.69. The van der Waals surface area contributed by atoms with Crippen LogP contribution >= 0.6 is 22.6 Å². The van der Waals surface area contributed by atoms with Crippen LogP contribution in [-0.2, 0) is 4.79 Å². The Kier molecular flexibility index (Phi) is 5.70. The molecule has 0 bridgehead atoms. The summed E-state index contributed by atoms with van der Waals surface area (Å²) < 4.78 is 0.963. The van der Waals surface area contributed by atoms with Crippen molar-refractivity contribution in [3.63, 3.8) is 0 Å². The number of carboxylic acid groups (broad SMARTS) is 2. The molecule has 0 saturated carbocycles. The van der Waals surface area contributed by atoms with Crippen molar-refractivity contribution in [3.05, 3.63) is 69.8 Å². The molecule has 3 aromatic rings. The Hall–Kier alpha value is -2.94. The number of hydrogen-bond donors (Lipinski definition) is 2. The van der Waals surface area contributed by atoms with Crippen LogP contribution in [-0.4, -0.2) is 45.0 Å². The van der Waals surface area contributed by atoms with Gasteiger partial charge in [0, 0.05) is 22.1 Å². The van der Waals surface area contributed by atoms with E-state index in [9.17, 15) is 24.6 Å². The molecule has 1 heterocycles. The van der Waals surface area contributed by atoms with Crippen molar-refractivity contribution in [2.75, 3.05) is 6.54 Å². The van der Waals surface area contributed by atoms with Crippen molar-refractivity contribution < 1.29 is 24.6 Å². The zero-order chi connectivity index (χ0) is 22.2. The fraction of sp³-hybridized carbons (Fsp3) is 0.208. The number of ketones is 1. The first kappa shape index (κ1) is 21.3. The van der Waals surface area contributed by atoms with Crippen molar-refractivity contribution in [2.45, 2.75) is 24.8 Å². The maximum Gasteiger partial charge on any atom is 0.408 e. The van der Waals surface area contributed by atoms with Crippen LogP contribution in [0.5, 0.6) is 0 Å². The predicted molar refractivity (Wildman–Crippen MR) is 125 cm³/mol. The van der Waals surface area contributed by atoms with Crippen molar-refractivity contribution in [3.8, 4) is 11.1 Å². The number of benzene rings is 3. The standard InChI is InChI=1S/C24H20INO5/c25-20-9-8-18(13-19(20)17-7-6-15-4-1-2-5-16(15)12-17)21(27)14-24(22(28)29)10-3-11-26(24)23(30)31/h1-2,4-9,12-13H,3,10-11,14H2,(H,28,29)(H,30,31)/t24-/m0/s1. The van der Waals surface area contributed by atoms with Gasteiger partial charge in [0.2, 0.25) is 0 Å². The Labute approximate surface area is 192 Å². The number of amides is 1. The van der Waals surface area contributed by atoms with E-state index in [2.05, 4.69) is 28.7 Å². The smallest absolute Gasteiger partial charge is 0.408 e. The third-order valence-electron chi connectivity index (χ3n) is 5.92. The van der Waals surface area contributed by atoms with E-state index in [4.69, 9.17) is 0 Å². The van der Waals surface area contributed by atoms with Gasteiger partial charge in [-0.25, -0.2) is 9.59 Å². The normalized spacial score (nSPS) is 18.3. The predicted octanol–water partition coefficient (Wildman–Crippen LogP) is 5.28. The monoisotopic (exact) mass is 529 g/mol. The van der Waals surface area contributed by atoms with Gasteiger partial charge in [-0.1, -0.05) is 42.5 Å². The number of rotatable bonds is 5. The van der Waals surface area contributed by atoms with Crippen molar-refractivity contribution >= 4 is 51.2 Å². The van der Waals surface area contributed by atoms with Gasteiger partial charge in [0.25, 0.3) is 0 Å². The lowest BCUT2D eigenvalue weighted by Crippen LogP contribution is -2.53. The van der Waals surface area contributed by atoms with Gasteiger partial charge in [0.15, 0.2) is 11.3 Å². The van der Waals surface area contributed by atoms with E-state index in [1.807, 2.05) is 42.5 Å². The Morgan fingerprint density at radius 1 is 0.968 bits per heavy atom. The van der Waals surface area contributed by atoms with Gasteiger partial charge < -0.3 is 10.2 Å². The third kappa shape index (κ3) is 3.89. The highest BCUT2D eigenvalue weighted by Crippen LogP contribution is 2.35. The van der Waals surface area contributed by atoms with Gasteiger partial charge in [0.05, 0.1) is 0 Å². The molecule has 31 heavy (non-hydrogen) atoms. The van der Waals surface area contributed by atoms with Crippen LogP contribution in [0.15, 0.2) is 60.7 Å². The summed E-state index contributed by atoms with van der Waals surface area (Å²) in [4.78, 5) is 37.6. The Morgan fingerprint density at radius 2 is 1.71 bits per heavy atom. The number of fused-ring (bicyclic) bond motifs is 1. The lowest BCUT2D eigenvalue weighted by Gasteiger charge is -2.32. The average molecular weight is 529 g/mol. The molecule has 4 rings (SSSR count). The zero-order valence-electron chi connectivity index (χ0n) is 16.5. The van der Waals surface area contributed by atoms with E-state index < -0.39 is 17.6 Å². The minimum atomic E-state index is -1.71. The van der Waals surface area contributed by atoms with E-state index in [1.165, 1.54) is 0 Å². The number of carbonyl (C=O) groups is 3. The van der Waals surface area contributed by atoms with Crippen molar-refractivity contribution in [1.82, 2.24) is 4.90 Å². The first-order chi connectivity index (χ1) is 14.8. The number of carbonyl (C=O) groups excluding carboxylic acids is 1. The van der Waals surface area contributed by atoms with Gasteiger partial charge in [-0.15, -0.1) is 0 Å². The second-order valence-corrected chi connectivity index (χ2v) is 8.89. The maximum atomic E-state index is 13.1. The van der Waals surface area contributed by atoms with Crippen LogP contribution in [0.2, 0.25) is 0 Å². The van der Waals surface area contributed by atoms with Crippen LogP contribution in [0.3, 0.4) is 0 Å². The molecular weight excluding hydrogens is 509 g/mol. The second-order valence-electron chi connectivity index (χ2n) is 7.73.